The highest BCUT2D eigenvalue weighted by atomic mass is 32.2. The number of hydrogen-bond donors (Lipinski definition) is 1. The lowest BCUT2D eigenvalue weighted by Gasteiger charge is -2.28. The van der Waals surface area contributed by atoms with Crippen LogP contribution in [0.2, 0.25) is 0 Å². The van der Waals surface area contributed by atoms with Gasteiger partial charge in [0.05, 0.1) is 12.0 Å². The monoisotopic (exact) mass is 367 g/mol. The number of rotatable bonds is 2. The molecule has 1 N–H and O–H groups in total. The number of phenolic OH excluding ortho intramolecular Hbond substituents is 1. The van der Waals surface area contributed by atoms with Gasteiger partial charge in [0.15, 0.2) is 0 Å². The Balaban J connectivity index is 2.66. The molecule has 5 nitrogen and oxygen atoms in total. The zero-order valence-electron chi connectivity index (χ0n) is 16.2. The number of phenols is 1. The highest BCUT2D eigenvalue weighted by molar-refractivity contribution is 7.93. The van der Waals surface area contributed by atoms with E-state index in [-0.39, 0.29) is 16.6 Å². The molecule has 6 heteroatoms. The van der Waals surface area contributed by atoms with Gasteiger partial charge in [-0.25, -0.2) is 8.42 Å². The fourth-order valence-corrected chi connectivity index (χ4v) is 4.41. The van der Waals surface area contributed by atoms with Gasteiger partial charge >= 0.3 is 0 Å². The van der Waals surface area contributed by atoms with Gasteiger partial charge in [0.25, 0.3) is 10.0 Å². The van der Waals surface area contributed by atoms with E-state index < -0.39 is 10.0 Å². The standard InChI is InChI=1S/C19H29NO4S/c1-18(2,3)15-11-13(12-16(17(15)21)19(4,5)6)10-14-8-9-20(24-7)25(14,22)23/h10-12,21H,8-9H2,1-7H3/b14-10-. The molecule has 1 fully saturated rings. The number of hydroxylamine groups is 1. The summed E-state index contributed by atoms with van der Waals surface area (Å²) in [5.74, 6) is 0.287. The Labute approximate surface area is 151 Å². The van der Waals surface area contributed by atoms with Crippen LogP contribution in [0.1, 0.15) is 64.7 Å². The number of benzene rings is 1. The maximum atomic E-state index is 12.4. The van der Waals surface area contributed by atoms with Crippen molar-refractivity contribution in [3.8, 4) is 5.75 Å². The smallest absolute Gasteiger partial charge is 0.261 e. The largest absolute Gasteiger partial charge is 0.507 e. The molecular formula is C19H29NO4S. The summed E-state index contributed by atoms with van der Waals surface area (Å²) < 4.78 is 25.9. The summed E-state index contributed by atoms with van der Waals surface area (Å²) in [6.07, 6.45) is 2.10. The summed E-state index contributed by atoms with van der Waals surface area (Å²) in [4.78, 5) is 5.27. The van der Waals surface area contributed by atoms with Crippen molar-refractivity contribution in [2.75, 3.05) is 13.7 Å². The number of nitrogens with zero attached hydrogens (tertiary/aromatic N) is 1. The van der Waals surface area contributed by atoms with E-state index in [2.05, 4.69) is 0 Å². The predicted octanol–water partition coefficient (Wildman–Crippen LogP) is 3.93. The van der Waals surface area contributed by atoms with Gasteiger partial charge in [-0.2, -0.15) is 0 Å². The zero-order valence-corrected chi connectivity index (χ0v) is 17.0. The Hall–Kier alpha value is -1.37. The summed E-state index contributed by atoms with van der Waals surface area (Å²) in [6.45, 7) is 12.5. The molecule has 1 heterocycles. The van der Waals surface area contributed by atoms with Crippen molar-refractivity contribution < 1.29 is 18.4 Å². The lowest BCUT2D eigenvalue weighted by molar-refractivity contribution is -0.0404. The Bertz CT molecular complexity index is 761. The maximum Gasteiger partial charge on any atom is 0.261 e. The van der Waals surface area contributed by atoms with Crippen LogP contribution >= 0.6 is 0 Å². The fraction of sp³-hybridized carbons (Fsp3) is 0.579. The van der Waals surface area contributed by atoms with Gasteiger partial charge in [0, 0.05) is 24.1 Å². The van der Waals surface area contributed by atoms with Crippen molar-refractivity contribution >= 4 is 16.1 Å². The third-order valence-corrected chi connectivity index (χ3v) is 6.27. The van der Waals surface area contributed by atoms with Gasteiger partial charge in [-0.1, -0.05) is 46.0 Å². The minimum Gasteiger partial charge on any atom is -0.507 e. The molecule has 1 saturated heterocycles. The van der Waals surface area contributed by atoms with Crippen LogP contribution in [-0.2, 0) is 25.7 Å². The molecule has 1 aromatic rings. The number of sulfonamides is 1. The Kier molecular flexibility index (Phi) is 5.12. The second-order valence-corrected chi connectivity index (χ2v) is 10.4. The summed E-state index contributed by atoms with van der Waals surface area (Å²) in [6, 6.07) is 3.76. The average molecular weight is 368 g/mol. The molecule has 1 aliphatic heterocycles. The Morgan fingerprint density at radius 1 is 1.08 bits per heavy atom. The molecule has 0 amide bonds. The van der Waals surface area contributed by atoms with Crippen molar-refractivity contribution in [1.82, 2.24) is 4.47 Å². The number of aromatic hydroxyl groups is 1. The molecule has 140 valence electrons. The first-order chi connectivity index (χ1) is 11.3. The molecule has 25 heavy (non-hydrogen) atoms. The van der Waals surface area contributed by atoms with Crippen molar-refractivity contribution in [3.63, 3.8) is 0 Å². The lowest BCUT2D eigenvalue weighted by atomic mass is 9.78. The summed E-state index contributed by atoms with van der Waals surface area (Å²) in [5.41, 5.74) is 1.89. The van der Waals surface area contributed by atoms with Crippen LogP contribution in [0.15, 0.2) is 17.0 Å². The van der Waals surface area contributed by atoms with Gasteiger partial charge in [-0.05, 0) is 34.6 Å². The van der Waals surface area contributed by atoms with Gasteiger partial charge in [-0.15, -0.1) is 0 Å². The molecule has 0 radical (unpaired) electrons. The van der Waals surface area contributed by atoms with E-state index in [1.54, 1.807) is 6.08 Å². The predicted molar refractivity (Wildman–Crippen MR) is 101 cm³/mol. The molecule has 0 unspecified atom stereocenters. The van der Waals surface area contributed by atoms with Crippen molar-refractivity contribution in [1.29, 1.82) is 0 Å². The van der Waals surface area contributed by atoms with Crippen LogP contribution in [-0.4, -0.2) is 31.6 Å². The van der Waals surface area contributed by atoms with Crippen molar-refractivity contribution in [2.24, 2.45) is 0 Å². The Morgan fingerprint density at radius 3 is 1.92 bits per heavy atom. The van der Waals surface area contributed by atoms with Crippen LogP contribution in [0.3, 0.4) is 0 Å². The average Bonchev–Trinajstić information content (AvgIpc) is 2.72. The lowest BCUT2D eigenvalue weighted by Crippen LogP contribution is -2.23. The van der Waals surface area contributed by atoms with Crippen LogP contribution in [0.25, 0.3) is 6.08 Å². The van der Waals surface area contributed by atoms with Gasteiger partial charge in [0.2, 0.25) is 0 Å². The summed E-state index contributed by atoms with van der Waals surface area (Å²) >= 11 is 0. The molecule has 1 aliphatic rings. The first-order valence-corrected chi connectivity index (χ1v) is 9.88. The molecule has 2 rings (SSSR count). The minimum atomic E-state index is -3.57. The van der Waals surface area contributed by atoms with Crippen molar-refractivity contribution in [2.45, 2.75) is 58.8 Å². The van der Waals surface area contributed by atoms with Crippen LogP contribution in [0.4, 0.5) is 0 Å². The van der Waals surface area contributed by atoms with Crippen LogP contribution < -0.4 is 0 Å². The molecule has 1 aromatic carbocycles. The Morgan fingerprint density at radius 2 is 1.56 bits per heavy atom. The highest BCUT2D eigenvalue weighted by Gasteiger charge is 2.34. The molecule has 0 spiro atoms. The first kappa shape index (κ1) is 19.9. The van der Waals surface area contributed by atoms with Crippen LogP contribution in [0.5, 0.6) is 5.75 Å². The second kappa shape index (κ2) is 6.41. The molecule has 0 atom stereocenters. The van der Waals surface area contributed by atoms with Gasteiger partial charge < -0.3 is 5.11 Å². The molecule has 0 saturated carbocycles. The molecule has 0 bridgehead atoms. The van der Waals surface area contributed by atoms with Gasteiger partial charge in [-0.3, -0.25) is 4.84 Å². The van der Waals surface area contributed by atoms with Gasteiger partial charge in [0.1, 0.15) is 5.75 Å². The van der Waals surface area contributed by atoms with E-state index in [1.807, 2.05) is 53.7 Å². The van der Waals surface area contributed by atoms with Crippen molar-refractivity contribution in [3.05, 3.63) is 33.7 Å². The summed E-state index contributed by atoms with van der Waals surface area (Å²) in [7, 11) is -2.22. The fourth-order valence-electron chi connectivity index (χ4n) is 2.99. The SMILES string of the molecule is CON1CC/C(=C/c2cc(C(C)(C)C)c(O)c(C(C)(C)C)c2)S1(=O)=O. The molecule has 0 aliphatic carbocycles. The first-order valence-electron chi connectivity index (χ1n) is 8.44. The van der Waals surface area contributed by atoms with E-state index >= 15 is 0 Å². The zero-order chi connectivity index (χ0) is 19.2. The normalized spacial score (nSPS) is 20.4. The third kappa shape index (κ3) is 3.91. The quantitative estimate of drug-likeness (QED) is 0.860. The third-order valence-electron chi connectivity index (χ3n) is 4.42. The molecule has 0 aromatic heterocycles. The topological polar surface area (TPSA) is 66.8 Å². The van der Waals surface area contributed by atoms with E-state index in [9.17, 15) is 13.5 Å². The number of hydrogen-bond acceptors (Lipinski definition) is 4. The van der Waals surface area contributed by atoms with E-state index in [0.29, 0.717) is 17.9 Å². The highest BCUT2D eigenvalue weighted by Crippen LogP contribution is 2.40. The minimum absolute atomic E-state index is 0.258. The van der Waals surface area contributed by atoms with E-state index in [0.717, 1.165) is 21.2 Å². The summed E-state index contributed by atoms with van der Waals surface area (Å²) in [5, 5.41) is 10.8. The molecular weight excluding hydrogens is 338 g/mol. The van der Waals surface area contributed by atoms with E-state index in [4.69, 9.17) is 4.84 Å². The van der Waals surface area contributed by atoms with E-state index in [1.165, 1.54) is 7.11 Å². The second-order valence-electron chi connectivity index (χ2n) is 8.54. The van der Waals surface area contributed by atoms with Crippen LogP contribution in [0, 0.1) is 0 Å². The maximum absolute atomic E-state index is 12.4.